The lowest BCUT2D eigenvalue weighted by molar-refractivity contribution is -0.385. The largest absolute Gasteiger partial charge is 0.364 e. The number of fused-ring (bicyclic) bond motifs is 1. The topological polar surface area (TPSA) is 102 Å². The summed E-state index contributed by atoms with van der Waals surface area (Å²) in [7, 11) is 0. The van der Waals surface area contributed by atoms with Crippen molar-refractivity contribution in [2.75, 3.05) is 18.0 Å². The second-order valence-electron chi connectivity index (χ2n) is 5.23. The predicted molar refractivity (Wildman–Crippen MR) is 93.0 cm³/mol. The lowest BCUT2D eigenvalue weighted by Crippen LogP contribution is -2.48. The third kappa shape index (κ3) is 3.06. The number of hydrogen-bond donors (Lipinski definition) is 2. The maximum atomic E-state index is 12.5. The van der Waals surface area contributed by atoms with Crippen molar-refractivity contribution in [3.05, 3.63) is 58.6 Å². The monoisotopic (exact) mass is 345 g/mol. The van der Waals surface area contributed by atoms with Crippen LogP contribution in [0.25, 0.3) is 0 Å². The third-order valence-corrected chi connectivity index (χ3v) is 5.55. The lowest BCUT2D eigenvalue weighted by Gasteiger charge is -2.28. The third-order valence-electron chi connectivity index (χ3n) is 3.66. The van der Waals surface area contributed by atoms with E-state index in [2.05, 4.69) is 4.72 Å². The van der Waals surface area contributed by atoms with E-state index < -0.39 is 16.0 Å². The summed E-state index contributed by atoms with van der Waals surface area (Å²) in [5.41, 5.74) is 6.26. The SMILES string of the molecule is NCCCN1C(=O)N[S+](c2ccccc2)c2cc([N+](=O)[O-])ccc21. The van der Waals surface area contributed by atoms with Gasteiger partial charge in [0.05, 0.1) is 11.0 Å². The number of carbonyl (C=O) groups excluding carboxylic acids is 1. The zero-order valence-corrected chi connectivity index (χ0v) is 13.7. The van der Waals surface area contributed by atoms with E-state index >= 15 is 0 Å². The van der Waals surface area contributed by atoms with E-state index in [-0.39, 0.29) is 11.7 Å². The molecule has 0 radical (unpaired) electrons. The van der Waals surface area contributed by atoms with Crippen LogP contribution in [0.15, 0.2) is 58.3 Å². The van der Waals surface area contributed by atoms with E-state index in [4.69, 9.17) is 5.73 Å². The number of rotatable bonds is 5. The van der Waals surface area contributed by atoms with Crippen molar-refractivity contribution >= 4 is 28.5 Å². The van der Waals surface area contributed by atoms with Crippen molar-refractivity contribution in [2.45, 2.75) is 16.2 Å². The molecule has 0 bridgehead atoms. The molecule has 2 aromatic rings. The van der Waals surface area contributed by atoms with Crippen LogP contribution in [0, 0.1) is 10.1 Å². The molecule has 0 saturated carbocycles. The molecule has 0 saturated heterocycles. The van der Waals surface area contributed by atoms with Crippen molar-refractivity contribution in [1.82, 2.24) is 4.72 Å². The Balaban J connectivity index is 2.09. The van der Waals surface area contributed by atoms with Gasteiger partial charge in [-0.1, -0.05) is 18.2 Å². The molecule has 3 rings (SSSR count). The van der Waals surface area contributed by atoms with E-state index in [9.17, 15) is 14.9 Å². The average Bonchev–Trinajstić information content (AvgIpc) is 2.60. The molecule has 1 aliphatic rings. The number of benzene rings is 2. The normalized spacial score (nSPS) is 16.5. The Morgan fingerprint density at radius 1 is 1.21 bits per heavy atom. The number of urea groups is 1. The molecule has 3 N–H and O–H groups in total. The number of anilines is 1. The van der Waals surface area contributed by atoms with Gasteiger partial charge in [0.25, 0.3) is 5.69 Å². The standard InChI is InChI=1S/C16H16N4O3S/c17-9-4-10-19-14-8-7-12(20(22)23)11-15(14)24(18-16(19)21)13-5-2-1-3-6-13/h1-3,5-8,11H,4,9-10,17H2/p+1. The van der Waals surface area contributed by atoms with Crippen LogP contribution in [0.3, 0.4) is 0 Å². The van der Waals surface area contributed by atoms with Gasteiger partial charge in [0, 0.05) is 12.6 Å². The Kier molecular flexibility index (Phi) is 4.68. The number of nitro groups is 1. The molecule has 0 aliphatic carbocycles. The molecule has 8 heteroatoms. The Morgan fingerprint density at radius 2 is 1.96 bits per heavy atom. The minimum absolute atomic E-state index is 0.0112. The van der Waals surface area contributed by atoms with Crippen LogP contribution in [-0.2, 0) is 11.1 Å². The summed E-state index contributed by atoms with van der Waals surface area (Å²) in [4.78, 5) is 26.5. The fourth-order valence-electron chi connectivity index (χ4n) is 2.52. The van der Waals surface area contributed by atoms with Gasteiger partial charge in [-0.15, -0.1) is 4.72 Å². The van der Waals surface area contributed by atoms with Gasteiger partial charge >= 0.3 is 6.03 Å². The lowest BCUT2D eigenvalue weighted by atomic mass is 10.2. The van der Waals surface area contributed by atoms with E-state index in [0.717, 1.165) is 9.79 Å². The van der Waals surface area contributed by atoms with E-state index in [0.29, 0.717) is 25.2 Å². The summed E-state index contributed by atoms with van der Waals surface area (Å²) in [6, 6.07) is 13.9. The highest BCUT2D eigenvalue weighted by Crippen LogP contribution is 2.36. The van der Waals surface area contributed by atoms with Gasteiger partial charge in [-0.2, -0.15) is 0 Å². The van der Waals surface area contributed by atoms with Crippen molar-refractivity contribution in [3.8, 4) is 0 Å². The zero-order chi connectivity index (χ0) is 17.1. The van der Waals surface area contributed by atoms with Crippen molar-refractivity contribution < 1.29 is 9.72 Å². The Hall–Kier alpha value is -2.58. The number of amides is 2. The molecule has 1 atom stereocenters. The van der Waals surface area contributed by atoms with Crippen LogP contribution in [0.5, 0.6) is 0 Å². The summed E-state index contributed by atoms with van der Waals surface area (Å²) in [5, 5.41) is 11.1. The number of hydrogen-bond acceptors (Lipinski definition) is 4. The van der Waals surface area contributed by atoms with E-state index in [1.54, 1.807) is 17.0 Å². The summed E-state index contributed by atoms with van der Waals surface area (Å²) >= 11 is -0.743. The number of carbonyl (C=O) groups is 1. The van der Waals surface area contributed by atoms with Gasteiger partial charge in [0.2, 0.25) is 4.90 Å². The molecule has 1 aliphatic heterocycles. The first kappa shape index (κ1) is 16.3. The highest BCUT2D eigenvalue weighted by atomic mass is 32.2. The minimum Gasteiger partial charge on any atom is -0.330 e. The molecule has 0 aromatic heterocycles. The highest BCUT2D eigenvalue weighted by molar-refractivity contribution is 7.96. The maximum absolute atomic E-state index is 12.5. The van der Waals surface area contributed by atoms with Gasteiger partial charge in [-0.3, -0.25) is 15.0 Å². The molecule has 1 unspecified atom stereocenters. The molecular weight excluding hydrogens is 328 g/mol. The molecular formula is C16H17N4O3S+. The van der Waals surface area contributed by atoms with Crippen molar-refractivity contribution in [1.29, 1.82) is 0 Å². The first-order valence-electron chi connectivity index (χ1n) is 7.48. The Morgan fingerprint density at radius 3 is 2.62 bits per heavy atom. The van der Waals surface area contributed by atoms with Crippen molar-refractivity contribution in [2.24, 2.45) is 5.73 Å². The Bertz CT molecular complexity index is 769. The summed E-state index contributed by atoms with van der Waals surface area (Å²) in [6.07, 6.45) is 0.656. The molecule has 124 valence electrons. The maximum Gasteiger partial charge on any atom is 0.364 e. The number of nitro benzene ring substituents is 1. The van der Waals surface area contributed by atoms with Crippen LogP contribution in [-0.4, -0.2) is 24.0 Å². The molecule has 1 heterocycles. The number of non-ortho nitro benzene ring substituents is 1. The minimum atomic E-state index is -0.743. The second kappa shape index (κ2) is 6.90. The molecule has 0 spiro atoms. The van der Waals surface area contributed by atoms with Gasteiger partial charge in [0.15, 0.2) is 16.0 Å². The van der Waals surface area contributed by atoms with Gasteiger partial charge < -0.3 is 5.73 Å². The van der Waals surface area contributed by atoms with Crippen LogP contribution >= 0.6 is 0 Å². The molecule has 0 fully saturated rings. The predicted octanol–water partition coefficient (Wildman–Crippen LogP) is 2.42. The van der Waals surface area contributed by atoms with Crippen molar-refractivity contribution in [3.63, 3.8) is 0 Å². The fourth-order valence-corrected chi connectivity index (χ4v) is 4.35. The molecule has 24 heavy (non-hydrogen) atoms. The van der Waals surface area contributed by atoms with Crippen LogP contribution in [0.4, 0.5) is 16.2 Å². The van der Waals surface area contributed by atoms with E-state index in [1.165, 1.54) is 6.07 Å². The molecule has 7 nitrogen and oxygen atoms in total. The fraction of sp³-hybridized carbons (Fsp3) is 0.188. The summed E-state index contributed by atoms with van der Waals surface area (Å²) in [5.74, 6) is 0. The summed E-state index contributed by atoms with van der Waals surface area (Å²) in [6.45, 7) is 0.940. The Labute approximate surface area is 142 Å². The number of nitrogens with two attached hydrogens (primary N) is 1. The smallest absolute Gasteiger partial charge is 0.330 e. The second-order valence-corrected chi connectivity index (χ2v) is 6.96. The molecule has 2 aromatic carbocycles. The average molecular weight is 345 g/mol. The van der Waals surface area contributed by atoms with Gasteiger partial charge in [-0.05, 0) is 31.2 Å². The number of nitrogens with zero attached hydrogens (tertiary/aromatic N) is 2. The van der Waals surface area contributed by atoms with Crippen LogP contribution in [0.1, 0.15) is 6.42 Å². The number of nitrogens with one attached hydrogen (secondary N) is 1. The molecule has 2 amide bonds. The van der Waals surface area contributed by atoms with Gasteiger partial charge in [0.1, 0.15) is 5.69 Å². The highest BCUT2D eigenvalue weighted by Gasteiger charge is 2.41. The first-order chi connectivity index (χ1) is 11.6. The van der Waals surface area contributed by atoms with Crippen LogP contribution in [0.2, 0.25) is 0 Å². The van der Waals surface area contributed by atoms with Crippen LogP contribution < -0.4 is 15.4 Å². The summed E-state index contributed by atoms with van der Waals surface area (Å²) < 4.78 is 2.97. The van der Waals surface area contributed by atoms with Gasteiger partial charge in [-0.25, -0.2) is 4.79 Å². The quantitative estimate of drug-likeness (QED) is 0.493. The first-order valence-corrected chi connectivity index (χ1v) is 8.70. The van der Waals surface area contributed by atoms with E-state index in [1.807, 2.05) is 30.3 Å². The zero-order valence-electron chi connectivity index (χ0n) is 12.8.